The molecule has 2 N–H and O–H groups in total. The number of hydrogen-bond donors (Lipinski definition) is 2. The average Bonchev–Trinajstić information content (AvgIpc) is 2.26. The van der Waals surface area contributed by atoms with E-state index in [0.717, 1.165) is 0 Å². The van der Waals surface area contributed by atoms with Crippen molar-refractivity contribution in [1.82, 2.24) is 15.3 Å². The maximum Gasteiger partial charge on any atom is 0.270 e. The van der Waals surface area contributed by atoms with Crippen LogP contribution in [-0.2, 0) is 0 Å². The highest BCUT2D eigenvalue weighted by atomic mass is 16.3. The van der Waals surface area contributed by atoms with Gasteiger partial charge in [-0.25, -0.2) is 9.97 Å². The molecule has 1 aromatic rings. The molecule has 0 saturated heterocycles. The molecule has 0 aliphatic heterocycles. The second-order valence-electron chi connectivity index (χ2n) is 3.43. The maximum absolute atomic E-state index is 11.5. The molecule has 15 heavy (non-hydrogen) atoms. The lowest BCUT2D eigenvalue weighted by Crippen LogP contribution is -2.27. The third-order valence-electron chi connectivity index (χ3n) is 1.82. The van der Waals surface area contributed by atoms with Gasteiger partial charge >= 0.3 is 0 Å². The van der Waals surface area contributed by atoms with Crippen LogP contribution in [0.1, 0.15) is 36.1 Å². The molecule has 0 radical (unpaired) electrons. The Morgan fingerprint density at radius 1 is 1.60 bits per heavy atom. The minimum atomic E-state index is -0.284. The van der Waals surface area contributed by atoms with Crippen LogP contribution in [-0.4, -0.2) is 34.1 Å². The van der Waals surface area contributed by atoms with Gasteiger partial charge in [-0.2, -0.15) is 0 Å². The number of aliphatic hydroxyl groups is 1. The van der Waals surface area contributed by atoms with Crippen LogP contribution < -0.4 is 5.32 Å². The summed E-state index contributed by atoms with van der Waals surface area (Å²) in [7, 11) is 0. The molecule has 0 aliphatic rings. The summed E-state index contributed by atoms with van der Waals surface area (Å²) in [6.45, 7) is 4.09. The molecular formula is C10H15N3O2. The van der Waals surface area contributed by atoms with Crippen molar-refractivity contribution in [2.24, 2.45) is 0 Å². The third-order valence-corrected chi connectivity index (χ3v) is 1.82. The van der Waals surface area contributed by atoms with Crippen molar-refractivity contribution in [3.05, 3.63) is 23.8 Å². The lowest BCUT2D eigenvalue weighted by molar-refractivity contribution is 0.0939. The lowest BCUT2D eigenvalue weighted by Gasteiger charge is -2.06. The molecule has 5 heteroatoms. The van der Waals surface area contributed by atoms with Crippen LogP contribution in [0.5, 0.6) is 0 Å². The first-order chi connectivity index (χ1) is 7.15. The zero-order valence-corrected chi connectivity index (χ0v) is 8.90. The monoisotopic (exact) mass is 209 g/mol. The maximum atomic E-state index is 11.5. The van der Waals surface area contributed by atoms with Gasteiger partial charge in [-0.3, -0.25) is 4.79 Å². The molecule has 0 bridgehead atoms. The van der Waals surface area contributed by atoms with E-state index in [1.807, 2.05) is 13.8 Å². The van der Waals surface area contributed by atoms with E-state index in [1.54, 1.807) is 12.3 Å². The highest BCUT2D eigenvalue weighted by Gasteiger charge is 2.09. The fourth-order valence-corrected chi connectivity index (χ4v) is 1.04. The van der Waals surface area contributed by atoms with Crippen LogP contribution in [0.4, 0.5) is 0 Å². The van der Waals surface area contributed by atoms with Crippen LogP contribution in [0.25, 0.3) is 0 Å². The van der Waals surface area contributed by atoms with E-state index in [2.05, 4.69) is 15.3 Å². The van der Waals surface area contributed by atoms with Crippen LogP contribution in [0, 0.1) is 0 Å². The van der Waals surface area contributed by atoms with Gasteiger partial charge in [0.2, 0.25) is 0 Å². The summed E-state index contributed by atoms with van der Waals surface area (Å²) in [6, 6.07) is 1.55. The zero-order valence-electron chi connectivity index (χ0n) is 8.90. The molecule has 1 rings (SSSR count). The average molecular weight is 209 g/mol. The van der Waals surface area contributed by atoms with Crippen molar-refractivity contribution in [1.29, 1.82) is 0 Å². The van der Waals surface area contributed by atoms with Gasteiger partial charge in [0.05, 0.1) is 6.61 Å². The van der Waals surface area contributed by atoms with Gasteiger partial charge in [-0.05, 0) is 6.07 Å². The van der Waals surface area contributed by atoms with E-state index in [4.69, 9.17) is 5.11 Å². The van der Waals surface area contributed by atoms with Crippen LogP contribution in [0.15, 0.2) is 12.3 Å². The number of aliphatic hydroxyl groups excluding tert-OH is 1. The molecule has 1 aromatic heterocycles. The topological polar surface area (TPSA) is 75.1 Å². The Balaban J connectivity index is 2.76. The molecule has 82 valence electrons. The molecular weight excluding hydrogens is 194 g/mol. The Kier molecular flexibility index (Phi) is 4.17. The Hall–Kier alpha value is -1.49. The summed E-state index contributed by atoms with van der Waals surface area (Å²) in [5.74, 6) is 0.551. The largest absolute Gasteiger partial charge is 0.395 e. The van der Waals surface area contributed by atoms with Crippen LogP contribution in [0.3, 0.4) is 0 Å². The minimum absolute atomic E-state index is 0.0755. The standard InChI is InChI=1S/C10H15N3O2/c1-7(2)9-11-4-3-8(13-9)10(15)12-5-6-14/h3-4,7,14H,5-6H2,1-2H3,(H,12,15). The number of rotatable bonds is 4. The van der Waals surface area contributed by atoms with Crippen molar-refractivity contribution in [3.63, 3.8) is 0 Å². The Labute approximate surface area is 88.6 Å². The fourth-order valence-electron chi connectivity index (χ4n) is 1.04. The Morgan fingerprint density at radius 2 is 2.33 bits per heavy atom. The number of hydrogen-bond acceptors (Lipinski definition) is 4. The molecule has 0 fully saturated rings. The number of carbonyl (C=O) groups excluding carboxylic acids is 1. The van der Waals surface area contributed by atoms with E-state index in [-0.39, 0.29) is 25.0 Å². The van der Waals surface area contributed by atoms with E-state index >= 15 is 0 Å². The predicted molar refractivity (Wildman–Crippen MR) is 55.5 cm³/mol. The van der Waals surface area contributed by atoms with Gasteiger partial charge in [-0.15, -0.1) is 0 Å². The summed E-state index contributed by atoms with van der Waals surface area (Å²) < 4.78 is 0. The summed E-state index contributed by atoms with van der Waals surface area (Å²) in [5, 5.41) is 11.1. The predicted octanol–water partition coefficient (Wildman–Crippen LogP) is 0.322. The van der Waals surface area contributed by atoms with E-state index < -0.39 is 0 Å². The summed E-state index contributed by atoms with van der Waals surface area (Å²) >= 11 is 0. The molecule has 0 unspecified atom stereocenters. The van der Waals surface area contributed by atoms with Crippen LogP contribution in [0.2, 0.25) is 0 Å². The number of amides is 1. The molecule has 1 heterocycles. The van der Waals surface area contributed by atoms with Gasteiger partial charge in [0.1, 0.15) is 11.5 Å². The first-order valence-corrected chi connectivity index (χ1v) is 4.87. The molecule has 1 amide bonds. The van der Waals surface area contributed by atoms with Crippen molar-refractivity contribution < 1.29 is 9.90 Å². The number of aromatic nitrogens is 2. The van der Waals surface area contributed by atoms with Crippen molar-refractivity contribution in [2.45, 2.75) is 19.8 Å². The molecule has 0 aromatic carbocycles. The van der Waals surface area contributed by atoms with Crippen LogP contribution >= 0.6 is 0 Å². The second kappa shape index (κ2) is 5.41. The lowest BCUT2D eigenvalue weighted by atomic mass is 10.2. The van der Waals surface area contributed by atoms with E-state index in [9.17, 15) is 4.79 Å². The zero-order chi connectivity index (χ0) is 11.3. The number of nitrogens with zero attached hydrogens (tertiary/aromatic N) is 2. The SMILES string of the molecule is CC(C)c1nccc(C(=O)NCCO)n1. The number of carbonyl (C=O) groups is 1. The highest BCUT2D eigenvalue weighted by Crippen LogP contribution is 2.07. The first-order valence-electron chi connectivity index (χ1n) is 4.87. The smallest absolute Gasteiger partial charge is 0.270 e. The quantitative estimate of drug-likeness (QED) is 0.749. The number of nitrogens with one attached hydrogen (secondary N) is 1. The Bertz CT molecular complexity index is 339. The summed E-state index contributed by atoms with van der Waals surface area (Å²) in [5.41, 5.74) is 0.335. The molecule has 0 saturated carbocycles. The highest BCUT2D eigenvalue weighted by molar-refractivity contribution is 5.92. The normalized spacial score (nSPS) is 10.4. The van der Waals surface area contributed by atoms with Crippen molar-refractivity contribution in [3.8, 4) is 0 Å². The van der Waals surface area contributed by atoms with Gasteiger partial charge in [0.25, 0.3) is 5.91 Å². The Morgan fingerprint density at radius 3 is 2.93 bits per heavy atom. The molecule has 0 aliphatic carbocycles. The second-order valence-corrected chi connectivity index (χ2v) is 3.43. The van der Waals surface area contributed by atoms with E-state index in [1.165, 1.54) is 0 Å². The van der Waals surface area contributed by atoms with Gasteiger partial charge < -0.3 is 10.4 Å². The fraction of sp³-hybridized carbons (Fsp3) is 0.500. The van der Waals surface area contributed by atoms with Crippen molar-refractivity contribution >= 4 is 5.91 Å². The summed E-state index contributed by atoms with van der Waals surface area (Å²) in [6.07, 6.45) is 1.57. The summed E-state index contributed by atoms with van der Waals surface area (Å²) in [4.78, 5) is 19.6. The molecule has 0 atom stereocenters. The molecule has 5 nitrogen and oxygen atoms in total. The van der Waals surface area contributed by atoms with Gasteiger partial charge in [0, 0.05) is 18.7 Å². The van der Waals surface area contributed by atoms with E-state index in [0.29, 0.717) is 11.5 Å². The van der Waals surface area contributed by atoms with Gasteiger partial charge in [-0.1, -0.05) is 13.8 Å². The first kappa shape index (κ1) is 11.6. The van der Waals surface area contributed by atoms with Crippen molar-refractivity contribution in [2.75, 3.05) is 13.2 Å². The molecule has 0 spiro atoms. The third kappa shape index (κ3) is 3.28. The minimum Gasteiger partial charge on any atom is -0.395 e. The van der Waals surface area contributed by atoms with Gasteiger partial charge in [0.15, 0.2) is 0 Å².